The molecule has 0 heterocycles. The van der Waals surface area contributed by atoms with Crippen LogP contribution in [0.15, 0.2) is 42.5 Å². The number of esters is 1. The summed E-state index contributed by atoms with van der Waals surface area (Å²) in [5.41, 5.74) is 6.27. The second-order valence-electron chi connectivity index (χ2n) is 5.81. The number of benzene rings is 2. The van der Waals surface area contributed by atoms with Crippen molar-refractivity contribution >= 4 is 24.3 Å². The molecule has 9 heteroatoms. The molecule has 0 aliphatic carbocycles. The number of carbonyl (C=O) groups excluding carboxylic acids is 1. The highest BCUT2D eigenvalue weighted by molar-refractivity contribution is 5.91. The zero-order chi connectivity index (χ0) is 21.3. The average Bonchev–Trinajstić information content (AvgIpc) is 2.67. The maximum atomic E-state index is 10.6. The van der Waals surface area contributed by atoms with E-state index in [-0.39, 0.29) is 29.8 Å². The van der Waals surface area contributed by atoms with Gasteiger partial charge >= 0.3 is 11.9 Å². The van der Waals surface area contributed by atoms with Crippen LogP contribution in [0, 0.1) is 0 Å². The summed E-state index contributed by atoms with van der Waals surface area (Å²) in [6.45, 7) is 2.96. The molecular weight excluding hydrogens is 402 g/mol. The van der Waals surface area contributed by atoms with Gasteiger partial charge in [0, 0.05) is 18.5 Å². The molecule has 0 aliphatic rings. The van der Waals surface area contributed by atoms with Gasteiger partial charge in [-0.2, -0.15) is 0 Å². The Balaban J connectivity index is 0.000000527. The number of aliphatic hydroxyl groups is 1. The van der Waals surface area contributed by atoms with Crippen molar-refractivity contribution in [3.63, 3.8) is 0 Å². The minimum Gasteiger partial charge on any atom is -0.497 e. The number of aromatic carboxylic acids is 1. The Hall–Kier alpha value is -2.81. The predicted octanol–water partition coefficient (Wildman–Crippen LogP) is 2.82. The van der Waals surface area contributed by atoms with E-state index < -0.39 is 18.0 Å². The monoisotopic (exact) mass is 427 g/mol. The fourth-order valence-electron chi connectivity index (χ4n) is 2.24. The lowest BCUT2D eigenvalue weighted by atomic mass is 10.0. The van der Waals surface area contributed by atoms with Crippen molar-refractivity contribution in [1.29, 1.82) is 0 Å². The summed E-state index contributed by atoms with van der Waals surface area (Å²) in [4.78, 5) is 21.2. The molecule has 29 heavy (non-hydrogen) atoms. The zero-order valence-electron chi connectivity index (χ0n) is 16.6. The number of carboxylic acids is 1. The van der Waals surface area contributed by atoms with E-state index in [9.17, 15) is 14.7 Å². The predicted molar refractivity (Wildman–Crippen MR) is 110 cm³/mol. The first-order valence-electron chi connectivity index (χ1n) is 8.37. The summed E-state index contributed by atoms with van der Waals surface area (Å²) in [6.07, 6.45) is -0.755. The van der Waals surface area contributed by atoms with Crippen LogP contribution in [-0.2, 0) is 4.79 Å². The van der Waals surface area contributed by atoms with Crippen LogP contribution in [0.5, 0.6) is 17.2 Å². The van der Waals surface area contributed by atoms with E-state index in [1.807, 2.05) is 0 Å². The van der Waals surface area contributed by atoms with E-state index in [0.717, 1.165) is 0 Å². The molecule has 0 bridgehead atoms. The largest absolute Gasteiger partial charge is 0.497 e. The third-order valence-electron chi connectivity index (χ3n) is 3.62. The maximum Gasteiger partial charge on any atom is 0.339 e. The number of hydrogen-bond acceptors (Lipinski definition) is 7. The van der Waals surface area contributed by atoms with Gasteiger partial charge in [0.1, 0.15) is 22.8 Å². The van der Waals surface area contributed by atoms with Crippen LogP contribution in [0.3, 0.4) is 0 Å². The van der Waals surface area contributed by atoms with Gasteiger partial charge in [-0.25, -0.2) is 4.79 Å². The number of aliphatic hydroxyl groups excluding tert-OH is 1. The van der Waals surface area contributed by atoms with Gasteiger partial charge in [0.15, 0.2) is 0 Å². The summed E-state index contributed by atoms with van der Waals surface area (Å²) in [6, 6.07) is 10.9. The zero-order valence-corrected chi connectivity index (χ0v) is 17.4. The number of methoxy groups -OCH3 is 2. The number of para-hydroxylation sites is 1. The lowest BCUT2D eigenvalue weighted by Crippen LogP contribution is -2.24. The second-order valence-corrected chi connectivity index (χ2v) is 5.81. The molecule has 0 spiro atoms. The van der Waals surface area contributed by atoms with Gasteiger partial charge < -0.3 is 30.2 Å². The molecule has 0 saturated heterocycles. The van der Waals surface area contributed by atoms with E-state index in [4.69, 9.17) is 20.3 Å². The van der Waals surface area contributed by atoms with Crippen molar-refractivity contribution in [1.82, 2.24) is 0 Å². The molecule has 160 valence electrons. The fraction of sp³-hybridized carbons (Fsp3) is 0.300. The fourth-order valence-corrected chi connectivity index (χ4v) is 2.24. The van der Waals surface area contributed by atoms with Crippen LogP contribution in [0.2, 0.25) is 0 Å². The van der Waals surface area contributed by atoms with Gasteiger partial charge in [0.05, 0.1) is 20.3 Å². The minimum absolute atomic E-state index is 0. The summed E-state index contributed by atoms with van der Waals surface area (Å²) in [5, 5.41) is 18.6. The van der Waals surface area contributed by atoms with Crippen molar-refractivity contribution in [2.45, 2.75) is 26.0 Å². The van der Waals surface area contributed by atoms with Gasteiger partial charge in [-0.05, 0) is 37.3 Å². The van der Waals surface area contributed by atoms with Crippen molar-refractivity contribution in [2.75, 3.05) is 14.2 Å². The molecule has 2 unspecified atom stereocenters. The topological polar surface area (TPSA) is 128 Å². The first-order chi connectivity index (χ1) is 13.2. The van der Waals surface area contributed by atoms with Gasteiger partial charge in [-0.15, -0.1) is 12.4 Å². The Kier molecular flexibility index (Phi) is 11.4. The molecule has 2 atom stereocenters. The number of halogens is 1. The molecule has 4 N–H and O–H groups in total. The Morgan fingerprint density at radius 3 is 2.14 bits per heavy atom. The normalized spacial score (nSPS) is 11.7. The van der Waals surface area contributed by atoms with E-state index in [1.165, 1.54) is 19.1 Å². The van der Waals surface area contributed by atoms with Crippen molar-refractivity contribution in [2.24, 2.45) is 5.73 Å². The van der Waals surface area contributed by atoms with Crippen LogP contribution >= 0.6 is 12.4 Å². The third kappa shape index (κ3) is 7.98. The molecule has 2 aromatic rings. The highest BCUT2D eigenvalue weighted by atomic mass is 35.5. The molecule has 0 radical (unpaired) electrons. The Labute approximate surface area is 175 Å². The van der Waals surface area contributed by atoms with Crippen LogP contribution in [-0.4, -0.2) is 42.4 Å². The molecule has 2 aromatic carbocycles. The average molecular weight is 428 g/mol. The third-order valence-corrected chi connectivity index (χ3v) is 3.62. The standard InChI is InChI=1S/C11H17NO3.C9H8O4.ClH/c1-7(12)11(13)9-6-8(14-2)4-5-10(9)15-3;1-6(10)13-8-5-3-2-4-7(8)9(11)12;/h4-7,11,13H,12H2,1-3H3;2-5H,1H3,(H,11,12);1H. The van der Waals surface area contributed by atoms with E-state index in [0.29, 0.717) is 17.1 Å². The molecule has 0 amide bonds. The highest BCUT2D eigenvalue weighted by Crippen LogP contribution is 2.30. The molecule has 8 nitrogen and oxygen atoms in total. The van der Waals surface area contributed by atoms with E-state index in [1.54, 1.807) is 51.5 Å². The number of ether oxygens (including phenoxy) is 3. The smallest absolute Gasteiger partial charge is 0.339 e. The lowest BCUT2D eigenvalue weighted by Gasteiger charge is -2.18. The molecule has 0 aliphatic heterocycles. The minimum atomic E-state index is -1.11. The Morgan fingerprint density at radius 2 is 1.66 bits per heavy atom. The van der Waals surface area contributed by atoms with Crippen LogP contribution in [0.4, 0.5) is 0 Å². The van der Waals surface area contributed by atoms with Gasteiger partial charge in [-0.1, -0.05) is 12.1 Å². The van der Waals surface area contributed by atoms with Gasteiger partial charge in [0.2, 0.25) is 0 Å². The number of hydrogen-bond donors (Lipinski definition) is 3. The van der Waals surface area contributed by atoms with Gasteiger partial charge in [-0.3, -0.25) is 4.79 Å². The lowest BCUT2D eigenvalue weighted by molar-refractivity contribution is -0.131. The van der Waals surface area contributed by atoms with Crippen LogP contribution in [0.1, 0.15) is 35.9 Å². The summed E-state index contributed by atoms with van der Waals surface area (Å²) in [7, 11) is 3.13. The second kappa shape index (κ2) is 12.6. The first kappa shape index (κ1) is 26.2. The molecule has 0 saturated carbocycles. The number of carboxylic acid groups (broad SMARTS) is 1. The molecule has 2 rings (SSSR count). The van der Waals surface area contributed by atoms with E-state index in [2.05, 4.69) is 4.74 Å². The number of carbonyl (C=O) groups is 2. The van der Waals surface area contributed by atoms with Crippen LogP contribution in [0.25, 0.3) is 0 Å². The molecule has 0 aromatic heterocycles. The number of nitrogens with two attached hydrogens (primary N) is 1. The van der Waals surface area contributed by atoms with Crippen molar-refractivity contribution < 1.29 is 34.0 Å². The SMILES string of the molecule is CC(=O)Oc1ccccc1C(=O)O.COc1ccc(OC)c(C(O)C(C)N)c1.Cl. The number of rotatable bonds is 6. The quantitative estimate of drug-likeness (QED) is 0.474. The molecule has 0 fully saturated rings. The maximum absolute atomic E-state index is 10.6. The van der Waals surface area contributed by atoms with Crippen molar-refractivity contribution in [3.8, 4) is 17.2 Å². The Morgan fingerprint density at radius 1 is 1.03 bits per heavy atom. The Bertz CT molecular complexity index is 811. The summed E-state index contributed by atoms with van der Waals surface area (Å²) >= 11 is 0. The molecular formula is C20H26ClNO7. The first-order valence-corrected chi connectivity index (χ1v) is 8.37. The highest BCUT2D eigenvalue weighted by Gasteiger charge is 2.17. The summed E-state index contributed by atoms with van der Waals surface area (Å²) in [5.74, 6) is -0.292. The van der Waals surface area contributed by atoms with Crippen molar-refractivity contribution in [3.05, 3.63) is 53.6 Å². The van der Waals surface area contributed by atoms with Gasteiger partial charge in [0.25, 0.3) is 0 Å². The van der Waals surface area contributed by atoms with E-state index >= 15 is 0 Å². The summed E-state index contributed by atoms with van der Waals surface area (Å²) < 4.78 is 14.9. The van der Waals surface area contributed by atoms with Crippen LogP contribution < -0.4 is 19.9 Å².